The molecule has 1 rings (SSSR count). The Morgan fingerprint density at radius 1 is 1.38 bits per heavy atom. The molecule has 1 saturated heterocycles. The summed E-state index contributed by atoms with van der Waals surface area (Å²) in [5.74, 6) is 0.514. The third kappa shape index (κ3) is 3.72. The third-order valence-electron chi connectivity index (χ3n) is 3.87. The largest absolute Gasteiger partial charge is 0.374 e. The van der Waals surface area contributed by atoms with Crippen LogP contribution in [0.1, 0.15) is 47.5 Å². The molecule has 1 fully saturated rings. The second kappa shape index (κ2) is 5.48. The topological polar surface area (TPSA) is 32.7 Å². The molecule has 0 radical (unpaired) electrons. The molecule has 1 aliphatic rings. The highest BCUT2D eigenvalue weighted by Crippen LogP contribution is 2.37. The maximum atomic E-state index is 9.78. The lowest BCUT2D eigenvalue weighted by atomic mass is 9.72. The van der Waals surface area contributed by atoms with Gasteiger partial charge in [-0.25, -0.2) is 0 Å². The Balaban J connectivity index is 2.60. The first-order valence-corrected chi connectivity index (χ1v) is 6.44. The molecule has 2 atom stereocenters. The molecule has 0 amide bonds. The molecule has 0 aromatic carbocycles. The highest BCUT2D eigenvalue weighted by Gasteiger charge is 2.36. The number of piperidine rings is 1. The predicted molar refractivity (Wildman–Crippen MR) is 65.5 cm³/mol. The fourth-order valence-electron chi connectivity index (χ4n) is 2.37. The average molecular weight is 229 g/mol. The summed E-state index contributed by atoms with van der Waals surface area (Å²) in [6, 6.07) is 0. The maximum absolute atomic E-state index is 9.78. The first-order valence-electron chi connectivity index (χ1n) is 6.44. The van der Waals surface area contributed by atoms with E-state index < -0.39 is 0 Å². The van der Waals surface area contributed by atoms with E-state index in [0.717, 1.165) is 19.4 Å². The van der Waals surface area contributed by atoms with Crippen molar-refractivity contribution in [3.8, 4) is 0 Å². The normalized spacial score (nSPS) is 28.7. The summed E-state index contributed by atoms with van der Waals surface area (Å²) in [4.78, 5) is 0. The Labute approximate surface area is 99.7 Å². The van der Waals surface area contributed by atoms with E-state index in [-0.39, 0.29) is 17.6 Å². The van der Waals surface area contributed by atoms with Crippen LogP contribution in [0.25, 0.3) is 0 Å². The Morgan fingerprint density at radius 3 is 2.50 bits per heavy atom. The van der Waals surface area contributed by atoms with Gasteiger partial charge in [-0.15, -0.1) is 0 Å². The minimum Gasteiger partial charge on any atom is -0.374 e. The van der Waals surface area contributed by atoms with E-state index in [1.165, 1.54) is 5.06 Å². The highest BCUT2D eigenvalue weighted by atomic mass is 16.5. The molecular weight excluding hydrogens is 202 g/mol. The van der Waals surface area contributed by atoms with Crippen molar-refractivity contribution in [3.63, 3.8) is 0 Å². The lowest BCUT2D eigenvalue weighted by Crippen LogP contribution is -2.47. The Bertz CT molecular complexity index is 214. The molecule has 0 bridgehead atoms. The fourth-order valence-corrected chi connectivity index (χ4v) is 2.37. The summed E-state index contributed by atoms with van der Waals surface area (Å²) in [5.41, 5.74) is 0.278. The highest BCUT2D eigenvalue weighted by molar-refractivity contribution is 4.85. The van der Waals surface area contributed by atoms with E-state index in [9.17, 15) is 5.21 Å². The summed E-state index contributed by atoms with van der Waals surface area (Å²) < 4.78 is 5.83. The number of ether oxygens (including phenoxy) is 1. The van der Waals surface area contributed by atoms with Crippen molar-refractivity contribution in [3.05, 3.63) is 0 Å². The van der Waals surface area contributed by atoms with Crippen LogP contribution in [0.2, 0.25) is 0 Å². The van der Waals surface area contributed by atoms with Crippen LogP contribution in [0.3, 0.4) is 0 Å². The van der Waals surface area contributed by atoms with Crippen LogP contribution in [0, 0.1) is 11.3 Å². The molecule has 3 heteroatoms. The Morgan fingerprint density at radius 2 is 2.00 bits per heavy atom. The van der Waals surface area contributed by atoms with Gasteiger partial charge in [0.05, 0.1) is 18.8 Å². The second-order valence-corrected chi connectivity index (χ2v) is 5.95. The van der Waals surface area contributed by atoms with Gasteiger partial charge in [0.15, 0.2) is 0 Å². The van der Waals surface area contributed by atoms with Gasteiger partial charge in [-0.2, -0.15) is 5.06 Å². The molecule has 1 heterocycles. The monoisotopic (exact) mass is 229 g/mol. The smallest absolute Gasteiger partial charge is 0.0732 e. The van der Waals surface area contributed by atoms with Gasteiger partial charge in [0.1, 0.15) is 0 Å². The van der Waals surface area contributed by atoms with E-state index in [2.05, 4.69) is 34.6 Å². The lowest BCUT2D eigenvalue weighted by molar-refractivity contribution is -0.177. The number of hydrogen-bond donors (Lipinski definition) is 1. The maximum Gasteiger partial charge on any atom is 0.0732 e. The summed E-state index contributed by atoms with van der Waals surface area (Å²) in [6.45, 7) is 12.3. The minimum absolute atomic E-state index is 0.176. The molecule has 3 nitrogen and oxygen atoms in total. The van der Waals surface area contributed by atoms with E-state index >= 15 is 0 Å². The quantitative estimate of drug-likeness (QED) is 0.804. The number of hydrogen-bond acceptors (Lipinski definition) is 3. The van der Waals surface area contributed by atoms with Crippen molar-refractivity contribution in [1.29, 1.82) is 0 Å². The summed E-state index contributed by atoms with van der Waals surface area (Å²) in [6.07, 6.45) is 2.62. The number of hydroxylamine groups is 2. The van der Waals surface area contributed by atoms with Crippen molar-refractivity contribution in [1.82, 2.24) is 5.06 Å². The first-order chi connectivity index (χ1) is 7.35. The van der Waals surface area contributed by atoms with Gasteiger partial charge in [0.2, 0.25) is 0 Å². The summed E-state index contributed by atoms with van der Waals surface area (Å²) in [7, 11) is 0. The molecule has 0 spiro atoms. The second-order valence-electron chi connectivity index (χ2n) is 5.95. The molecule has 0 aromatic heterocycles. The fraction of sp³-hybridized carbons (Fsp3) is 1.00. The van der Waals surface area contributed by atoms with Crippen LogP contribution in [0.5, 0.6) is 0 Å². The van der Waals surface area contributed by atoms with E-state index in [1.807, 2.05) is 0 Å². The molecule has 0 aliphatic carbocycles. The van der Waals surface area contributed by atoms with Crippen molar-refractivity contribution in [2.75, 3.05) is 13.1 Å². The standard InChI is InChI=1S/C13H27NO2/c1-6-13(4,5)11-7-12(16-10(2)3)9-14(15)8-11/h10-12,15H,6-9H2,1-5H3. The third-order valence-corrected chi connectivity index (χ3v) is 3.87. The van der Waals surface area contributed by atoms with Crippen LogP contribution < -0.4 is 0 Å². The molecule has 0 saturated carbocycles. The molecule has 16 heavy (non-hydrogen) atoms. The Hall–Kier alpha value is -0.120. The van der Waals surface area contributed by atoms with Crippen LogP contribution in [0.15, 0.2) is 0 Å². The zero-order valence-electron chi connectivity index (χ0n) is 11.4. The van der Waals surface area contributed by atoms with Crippen molar-refractivity contribution < 1.29 is 9.94 Å². The van der Waals surface area contributed by atoms with Crippen molar-refractivity contribution in [2.45, 2.75) is 59.7 Å². The molecule has 1 N–H and O–H groups in total. The van der Waals surface area contributed by atoms with E-state index in [0.29, 0.717) is 12.5 Å². The predicted octanol–water partition coefficient (Wildman–Crippen LogP) is 2.93. The van der Waals surface area contributed by atoms with E-state index in [4.69, 9.17) is 4.74 Å². The van der Waals surface area contributed by atoms with Gasteiger partial charge in [-0.05, 0) is 31.6 Å². The summed E-state index contributed by atoms with van der Waals surface area (Å²) in [5, 5.41) is 11.2. The van der Waals surface area contributed by atoms with Crippen LogP contribution in [-0.4, -0.2) is 35.6 Å². The van der Waals surface area contributed by atoms with E-state index in [1.54, 1.807) is 0 Å². The van der Waals surface area contributed by atoms with Crippen molar-refractivity contribution >= 4 is 0 Å². The molecule has 96 valence electrons. The minimum atomic E-state index is 0.176. The van der Waals surface area contributed by atoms with Gasteiger partial charge in [-0.1, -0.05) is 27.2 Å². The molecule has 1 aliphatic heterocycles. The number of rotatable bonds is 4. The zero-order chi connectivity index (χ0) is 12.3. The molecular formula is C13H27NO2. The van der Waals surface area contributed by atoms with Gasteiger partial charge in [-0.3, -0.25) is 0 Å². The molecule has 0 aromatic rings. The van der Waals surface area contributed by atoms with Gasteiger partial charge >= 0.3 is 0 Å². The lowest BCUT2D eigenvalue weighted by Gasteiger charge is -2.42. The zero-order valence-corrected chi connectivity index (χ0v) is 11.4. The van der Waals surface area contributed by atoms with Gasteiger partial charge in [0, 0.05) is 6.54 Å². The average Bonchev–Trinajstić information content (AvgIpc) is 2.15. The Kier molecular flexibility index (Phi) is 4.77. The first kappa shape index (κ1) is 13.9. The summed E-state index contributed by atoms with van der Waals surface area (Å²) >= 11 is 0. The van der Waals surface area contributed by atoms with Crippen LogP contribution >= 0.6 is 0 Å². The van der Waals surface area contributed by atoms with Gasteiger partial charge in [0.25, 0.3) is 0 Å². The van der Waals surface area contributed by atoms with Crippen molar-refractivity contribution in [2.24, 2.45) is 11.3 Å². The number of nitrogens with zero attached hydrogens (tertiary/aromatic N) is 1. The van der Waals surface area contributed by atoms with Gasteiger partial charge < -0.3 is 9.94 Å². The molecule has 2 unspecified atom stereocenters. The SMILES string of the molecule is CCC(C)(C)C1CC(OC(C)C)CN(O)C1. The van der Waals surface area contributed by atoms with Crippen LogP contribution in [-0.2, 0) is 4.74 Å². The van der Waals surface area contributed by atoms with Crippen LogP contribution in [0.4, 0.5) is 0 Å².